The first-order chi connectivity index (χ1) is 12.6. The van der Waals surface area contributed by atoms with Crippen molar-refractivity contribution in [2.45, 2.75) is 62.3 Å². The van der Waals surface area contributed by atoms with Crippen LogP contribution in [0.5, 0.6) is 0 Å². The van der Waals surface area contributed by atoms with E-state index in [2.05, 4.69) is 48.5 Å². The summed E-state index contributed by atoms with van der Waals surface area (Å²) in [6.45, 7) is 19.2. The predicted octanol–water partition coefficient (Wildman–Crippen LogP) is 6.80. The van der Waals surface area contributed by atoms with Crippen molar-refractivity contribution in [2.75, 3.05) is 0 Å². The normalized spacial score (nSPS) is 23.0. The van der Waals surface area contributed by atoms with Crippen molar-refractivity contribution in [3.05, 3.63) is 95.1 Å². The van der Waals surface area contributed by atoms with E-state index in [1.165, 1.54) is 41.4 Å². The molecule has 28 heavy (non-hydrogen) atoms. The number of hydrogen-bond donors (Lipinski definition) is 0. The summed E-state index contributed by atoms with van der Waals surface area (Å²) in [5, 5.41) is 0. The zero-order valence-electron chi connectivity index (χ0n) is 18.6. The summed E-state index contributed by atoms with van der Waals surface area (Å²) in [6, 6.07) is 9.48. The van der Waals surface area contributed by atoms with Gasteiger partial charge in [0, 0.05) is 22.6 Å². The van der Waals surface area contributed by atoms with Gasteiger partial charge in [0.2, 0.25) is 0 Å². The van der Waals surface area contributed by atoms with Gasteiger partial charge in [-0.3, -0.25) is 4.79 Å². The Kier molecular flexibility index (Phi) is 9.49. The van der Waals surface area contributed by atoms with Crippen LogP contribution in [0.4, 0.5) is 0 Å². The SMILES string of the molecule is C[C]1[C](C)[C](C)[C](C(=O)c2ccccc2)[C]1C.C[C]1[C](C)[C](C)[C](C)[C]1C.[Fe]. The fourth-order valence-corrected chi connectivity index (χ4v) is 3.70. The van der Waals surface area contributed by atoms with E-state index in [-0.39, 0.29) is 22.9 Å². The fraction of sp³-hybridized carbons (Fsp3) is 0.346. The molecule has 0 heterocycles. The molecule has 0 bridgehead atoms. The molecule has 2 heteroatoms. The van der Waals surface area contributed by atoms with E-state index < -0.39 is 0 Å². The maximum absolute atomic E-state index is 12.5. The minimum Gasteiger partial charge on any atom is -0.293 e. The molecule has 0 saturated heterocycles. The summed E-state index contributed by atoms with van der Waals surface area (Å²) in [5.41, 5.74) is 0.767. The van der Waals surface area contributed by atoms with Crippen LogP contribution in [-0.4, -0.2) is 5.78 Å². The Morgan fingerprint density at radius 1 is 0.500 bits per heavy atom. The molecule has 0 N–H and O–H groups in total. The van der Waals surface area contributed by atoms with E-state index in [9.17, 15) is 4.79 Å². The first-order valence-electron chi connectivity index (χ1n) is 9.61. The first kappa shape index (κ1) is 25.4. The maximum Gasteiger partial charge on any atom is 0.171 e. The van der Waals surface area contributed by atoms with E-state index in [0.29, 0.717) is 0 Å². The molecule has 2 aliphatic rings. The largest absolute Gasteiger partial charge is 0.293 e. The molecule has 0 spiro atoms. The third kappa shape index (κ3) is 4.93. The quantitative estimate of drug-likeness (QED) is 0.383. The zero-order chi connectivity index (χ0) is 20.5. The summed E-state index contributed by atoms with van der Waals surface area (Å²) in [6.07, 6.45) is 0. The maximum atomic E-state index is 12.5. The molecule has 10 radical (unpaired) electrons. The van der Waals surface area contributed by atoms with Crippen LogP contribution in [0.2, 0.25) is 0 Å². The van der Waals surface area contributed by atoms with Crippen molar-refractivity contribution in [3.63, 3.8) is 0 Å². The first-order valence-corrected chi connectivity index (χ1v) is 9.61. The summed E-state index contributed by atoms with van der Waals surface area (Å²) >= 11 is 0. The van der Waals surface area contributed by atoms with Gasteiger partial charge in [0.15, 0.2) is 5.78 Å². The molecule has 1 nitrogen and oxygen atoms in total. The Balaban J connectivity index is 0.000000307. The van der Waals surface area contributed by atoms with Crippen molar-refractivity contribution in [1.82, 2.24) is 0 Å². The van der Waals surface area contributed by atoms with Crippen LogP contribution < -0.4 is 0 Å². The Hall–Kier alpha value is -0.591. The van der Waals surface area contributed by atoms with Gasteiger partial charge in [0.1, 0.15) is 0 Å². The van der Waals surface area contributed by atoms with Gasteiger partial charge in [0.25, 0.3) is 0 Å². The van der Waals surface area contributed by atoms with Crippen LogP contribution in [0.25, 0.3) is 0 Å². The monoisotopic (exact) mass is 416 g/mol. The fourth-order valence-electron chi connectivity index (χ4n) is 3.70. The third-order valence-corrected chi connectivity index (χ3v) is 6.51. The van der Waals surface area contributed by atoms with Gasteiger partial charge in [-0.15, -0.1) is 0 Å². The Morgan fingerprint density at radius 2 is 0.786 bits per heavy atom. The molecule has 1 aromatic rings. The van der Waals surface area contributed by atoms with Crippen molar-refractivity contribution in [1.29, 1.82) is 0 Å². The average Bonchev–Trinajstić information content (AvgIpc) is 2.97. The van der Waals surface area contributed by atoms with E-state index in [1.807, 2.05) is 44.2 Å². The van der Waals surface area contributed by atoms with E-state index in [1.54, 1.807) is 0 Å². The Labute approximate surface area is 184 Å². The molecule has 150 valence electrons. The summed E-state index contributed by atoms with van der Waals surface area (Å²) in [5.74, 6) is 13.1. The van der Waals surface area contributed by atoms with Gasteiger partial charge in [-0.05, 0) is 53.3 Å². The molecule has 2 fully saturated rings. The second-order valence-electron chi connectivity index (χ2n) is 7.70. The standard InChI is InChI=1S/C16H17O.C10H15.Fe/c1-10-11(2)13(4)15(12(10)3)16(17)14-8-6-5-7-9-14;1-6-7(2)9(4)10(5)8(6)3;/h5-9H,1-4H3;1-5H3;. The molecule has 2 saturated carbocycles. The van der Waals surface area contributed by atoms with Gasteiger partial charge in [0.05, 0.1) is 5.92 Å². The van der Waals surface area contributed by atoms with Crippen LogP contribution in [0.3, 0.4) is 0 Å². The molecule has 0 amide bonds. The summed E-state index contributed by atoms with van der Waals surface area (Å²) in [4.78, 5) is 12.5. The van der Waals surface area contributed by atoms with Crippen LogP contribution >= 0.6 is 0 Å². The number of hydrogen-bond acceptors (Lipinski definition) is 1. The minimum atomic E-state index is 0. The van der Waals surface area contributed by atoms with E-state index in [0.717, 1.165) is 23.3 Å². The number of ketones is 1. The van der Waals surface area contributed by atoms with Crippen LogP contribution in [0.15, 0.2) is 30.3 Å². The topological polar surface area (TPSA) is 17.1 Å². The van der Waals surface area contributed by atoms with Crippen LogP contribution in [0, 0.1) is 59.2 Å². The molecular formula is C26H32FeO. The number of Topliss-reactive ketones (excluding diaryl/α,β-unsaturated/α-hetero) is 1. The third-order valence-electron chi connectivity index (χ3n) is 6.51. The molecule has 3 rings (SSSR count). The number of carbonyl (C=O) groups is 1. The van der Waals surface area contributed by atoms with Crippen LogP contribution in [-0.2, 0) is 17.1 Å². The smallest absolute Gasteiger partial charge is 0.171 e. The molecule has 0 aliphatic heterocycles. The Morgan fingerprint density at radius 3 is 1.11 bits per heavy atom. The van der Waals surface area contributed by atoms with E-state index >= 15 is 0 Å². The molecule has 0 atom stereocenters. The number of carbonyl (C=O) groups excluding carboxylic acids is 1. The second kappa shape index (κ2) is 10.4. The number of benzene rings is 1. The van der Waals surface area contributed by atoms with Gasteiger partial charge in [-0.25, -0.2) is 0 Å². The van der Waals surface area contributed by atoms with Gasteiger partial charge in [-0.2, -0.15) is 0 Å². The molecular weight excluding hydrogens is 384 g/mol. The number of rotatable bonds is 2. The van der Waals surface area contributed by atoms with Gasteiger partial charge in [-0.1, -0.05) is 92.6 Å². The molecule has 2 aliphatic carbocycles. The molecule has 0 unspecified atom stereocenters. The van der Waals surface area contributed by atoms with E-state index in [4.69, 9.17) is 0 Å². The minimum absolute atomic E-state index is 0. The van der Waals surface area contributed by atoms with Crippen molar-refractivity contribution >= 4 is 5.78 Å². The molecule has 0 aromatic heterocycles. The van der Waals surface area contributed by atoms with Crippen LogP contribution in [0.1, 0.15) is 72.7 Å². The summed E-state index contributed by atoms with van der Waals surface area (Å²) in [7, 11) is 0. The van der Waals surface area contributed by atoms with Gasteiger partial charge < -0.3 is 0 Å². The Bertz CT molecular complexity index is 553. The molecule has 1 aromatic carbocycles. The van der Waals surface area contributed by atoms with Crippen molar-refractivity contribution < 1.29 is 21.9 Å². The van der Waals surface area contributed by atoms with Crippen molar-refractivity contribution in [2.24, 2.45) is 0 Å². The summed E-state index contributed by atoms with van der Waals surface area (Å²) < 4.78 is 0. The zero-order valence-corrected chi connectivity index (χ0v) is 19.8. The van der Waals surface area contributed by atoms with Crippen molar-refractivity contribution in [3.8, 4) is 0 Å². The average molecular weight is 416 g/mol. The predicted molar refractivity (Wildman–Crippen MR) is 114 cm³/mol. The second-order valence-corrected chi connectivity index (χ2v) is 7.70. The van der Waals surface area contributed by atoms with Gasteiger partial charge >= 0.3 is 0 Å².